The van der Waals surface area contributed by atoms with Gasteiger partial charge in [-0.15, -0.1) is 0 Å². The predicted molar refractivity (Wildman–Crippen MR) is 106 cm³/mol. The highest BCUT2D eigenvalue weighted by atomic mass is 32.2. The van der Waals surface area contributed by atoms with Crippen LogP contribution in [0.25, 0.3) is 0 Å². The minimum atomic E-state index is -3.49. The predicted octanol–water partition coefficient (Wildman–Crippen LogP) is 0.816. The highest BCUT2D eigenvalue weighted by Crippen LogP contribution is 2.41. The van der Waals surface area contributed by atoms with Gasteiger partial charge in [-0.05, 0) is 45.4 Å². The summed E-state index contributed by atoms with van der Waals surface area (Å²) in [5.41, 5.74) is 0.323. The summed E-state index contributed by atoms with van der Waals surface area (Å²) in [6.07, 6.45) is 5.19. The van der Waals surface area contributed by atoms with Crippen molar-refractivity contribution < 1.29 is 17.7 Å². The minimum absolute atomic E-state index is 0.0343. The van der Waals surface area contributed by atoms with Gasteiger partial charge in [-0.25, -0.2) is 0 Å². The number of nitrogens with zero attached hydrogens (tertiary/aromatic N) is 3. The second-order valence-corrected chi connectivity index (χ2v) is 10.7. The first kappa shape index (κ1) is 19.5. The summed E-state index contributed by atoms with van der Waals surface area (Å²) < 4.78 is 35.4. The molecular weight excluding hydrogens is 394 g/mol. The highest BCUT2D eigenvalue weighted by molar-refractivity contribution is 7.86. The van der Waals surface area contributed by atoms with Gasteiger partial charge in [0.1, 0.15) is 5.76 Å². The molecule has 0 radical (unpaired) electrons. The van der Waals surface area contributed by atoms with Crippen molar-refractivity contribution in [1.82, 2.24) is 24.4 Å². The van der Waals surface area contributed by atoms with Crippen molar-refractivity contribution in [2.24, 2.45) is 0 Å². The van der Waals surface area contributed by atoms with Gasteiger partial charge in [-0.2, -0.15) is 17.0 Å². The van der Waals surface area contributed by atoms with Crippen LogP contribution in [0, 0.1) is 0 Å². The molecule has 4 fully saturated rings. The van der Waals surface area contributed by atoms with Gasteiger partial charge in [0.2, 0.25) is 0 Å². The normalized spacial score (nSPS) is 33.7. The van der Waals surface area contributed by atoms with Crippen molar-refractivity contribution in [1.29, 1.82) is 0 Å². The molecule has 1 aromatic rings. The van der Waals surface area contributed by atoms with Gasteiger partial charge in [-0.3, -0.25) is 4.79 Å². The van der Waals surface area contributed by atoms with E-state index in [1.54, 1.807) is 14.7 Å². The Bertz CT molecular complexity index is 869. The summed E-state index contributed by atoms with van der Waals surface area (Å²) in [5.74, 6) is 0.985. The van der Waals surface area contributed by atoms with Gasteiger partial charge in [0, 0.05) is 55.8 Å². The fourth-order valence-corrected chi connectivity index (χ4v) is 7.36. The zero-order valence-corrected chi connectivity index (χ0v) is 17.5. The van der Waals surface area contributed by atoms with Crippen LogP contribution in [0.1, 0.15) is 67.6 Å². The van der Waals surface area contributed by atoms with E-state index in [9.17, 15) is 13.2 Å². The second kappa shape index (κ2) is 7.33. The third-order valence-corrected chi connectivity index (χ3v) is 9.01. The molecule has 29 heavy (non-hydrogen) atoms. The summed E-state index contributed by atoms with van der Waals surface area (Å²) >= 11 is 0. The fraction of sp³-hybridized carbons (Fsp3) is 0.789. The quantitative estimate of drug-likeness (QED) is 0.726. The minimum Gasteiger partial charge on any atom is -0.360 e. The molecule has 9 nitrogen and oxygen atoms in total. The summed E-state index contributed by atoms with van der Waals surface area (Å²) in [4.78, 5) is 12.6. The van der Waals surface area contributed by atoms with Crippen molar-refractivity contribution >= 4 is 16.1 Å². The molecular formula is C19H29N5O4S. The Hall–Kier alpha value is -1.49. The lowest BCUT2D eigenvalue weighted by Gasteiger charge is -2.43. The Morgan fingerprint density at radius 3 is 2.62 bits per heavy atom. The van der Waals surface area contributed by atoms with Crippen molar-refractivity contribution in [3.05, 3.63) is 17.5 Å². The first-order valence-electron chi connectivity index (χ1n) is 10.7. The zero-order chi connectivity index (χ0) is 20.2. The molecule has 0 aromatic carbocycles. The molecule has 160 valence electrons. The molecule has 2 unspecified atom stereocenters. The molecule has 4 aliphatic rings. The first-order valence-corrected chi connectivity index (χ1v) is 12.1. The summed E-state index contributed by atoms with van der Waals surface area (Å²) in [6, 6.07) is 1.56. The average Bonchev–Trinajstić information content (AvgIpc) is 3.34. The molecule has 3 saturated heterocycles. The van der Waals surface area contributed by atoms with Crippen LogP contribution in [0.2, 0.25) is 0 Å². The number of rotatable bonds is 5. The van der Waals surface area contributed by atoms with Crippen molar-refractivity contribution in [2.45, 2.75) is 75.5 Å². The fourth-order valence-electron chi connectivity index (χ4n) is 5.13. The van der Waals surface area contributed by atoms with Crippen LogP contribution in [0.15, 0.2) is 10.6 Å². The van der Waals surface area contributed by atoms with Crippen LogP contribution in [0.3, 0.4) is 0 Å². The van der Waals surface area contributed by atoms with Crippen molar-refractivity contribution in [2.75, 3.05) is 19.6 Å². The van der Waals surface area contributed by atoms with E-state index in [-0.39, 0.29) is 30.1 Å². The lowest BCUT2D eigenvalue weighted by atomic mass is 9.99. The number of hydrogen-bond donors (Lipinski definition) is 2. The number of aromatic nitrogens is 1. The number of amides is 1. The topological polar surface area (TPSA) is 108 Å². The van der Waals surface area contributed by atoms with Gasteiger partial charge >= 0.3 is 0 Å². The molecule has 2 N–H and O–H groups in total. The third-order valence-electron chi connectivity index (χ3n) is 6.75. The SMILES string of the molecule is CC1CNCCN1S(=O)(=O)N1[C@@H]2CC[C@H]1CC(NC(=O)c1cc(C3CC3)on1)C2. The van der Waals surface area contributed by atoms with E-state index in [4.69, 9.17) is 4.52 Å². The van der Waals surface area contributed by atoms with Crippen molar-refractivity contribution in [3.63, 3.8) is 0 Å². The molecule has 3 aliphatic heterocycles. The van der Waals surface area contributed by atoms with Gasteiger partial charge in [-0.1, -0.05) is 5.16 Å². The number of piperazine rings is 1. The number of hydrogen-bond acceptors (Lipinski definition) is 6. The third kappa shape index (κ3) is 3.60. The largest absolute Gasteiger partial charge is 0.360 e. The number of carbonyl (C=O) groups excluding carboxylic acids is 1. The van der Waals surface area contributed by atoms with E-state index in [2.05, 4.69) is 15.8 Å². The van der Waals surface area contributed by atoms with Gasteiger partial charge in [0.15, 0.2) is 5.69 Å². The Morgan fingerprint density at radius 2 is 1.97 bits per heavy atom. The van der Waals surface area contributed by atoms with E-state index < -0.39 is 10.2 Å². The van der Waals surface area contributed by atoms with E-state index in [1.807, 2.05) is 6.92 Å². The Morgan fingerprint density at radius 1 is 1.24 bits per heavy atom. The molecule has 0 spiro atoms. The Balaban J connectivity index is 1.25. The van der Waals surface area contributed by atoms with Crippen LogP contribution in [-0.4, -0.2) is 71.9 Å². The molecule has 1 saturated carbocycles. The van der Waals surface area contributed by atoms with Crippen LogP contribution >= 0.6 is 0 Å². The van der Waals surface area contributed by atoms with Crippen molar-refractivity contribution in [3.8, 4) is 0 Å². The number of fused-ring (bicyclic) bond motifs is 2. The van der Waals surface area contributed by atoms with Gasteiger partial charge < -0.3 is 15.2 Å². The molecule has 4 heterocycles. The van der Waals surface area contributed by atoms with Gasteiger partial charge in [0.25, 0.3) is 16.1 Å². The molecule has 1 aromatic heterocycles. The Kier molecular flexibility index (Phi) is 4.92. The molecule has 2 bridgehead atoms. The number of piperidine rings is 1. The van der Waals surface area contributed by atoms with Crippen LogP contribution < -0.4 is 10.6 Å². The lowest BCUT2D eigenvalue weighted by Crippen LogP contribution is -2.60. The second-order valence-electron chi connectivity index (χ2n) is 8.92. The maximum Gasteiger partial charge on any atom is 0.282 e. The first-order chi connectivity index (χ1) is 13.9. The lowest BCUT2D eigenvalue weighted by molar-refractivity contribution is 0.0897. The zero-order valence-electron chi connectivity index (χ0n) is 16.7. The summed E-state index contributed by atoms with van der Waals surface area (Å²) in [7, 11) is -3.49. The van der Waals surface area contributed by atoms with E-state index in [0.717, 1.165) is 31.4 Å². The summed E-state index contributed by atoms with van der Waals surface area (Å²) in [6.45, 7) is 3.83. The maximum absolute atomic E-state index is 13.3. The maximum atomic E-state index is 13.3. The van der Waals surface area contributed by atoms with Crippen LogP contribution in [0.4, 0.5) is 0 Å². The summed E-state index contributed by atoms with van der Waals surface area (Å²) in [5, 5.41) is 10.2. The average molecular weight is 424 g/mol. The van der Waals surface area contributed by atoms with E-state index in [0.29, 0.717) is 44.1 Å². The smallest absolute Gasteiger partial charge is 0.282 e. The number of nitrogens with one attached hydrogen (secondary N) is 2. The molecule has 4 atom stereocenters. The monoisotopic (exact) mass is 423 g/mol. The Labute approximate surface area is 171 Å². The number of carbonyl (C=O) groups is 1. The van der Waals surface area contributed by atoms with Crippen LogP contribution in [0.5, 0.6) is 0 Å². The molecule has 5 rings (SSSR count). The molecule has 1 aliphatic carbocycles. The van der Waals surface area contributed by atoms with E-state index in [1.165, 1.54) is 0 Å². The van der Waals surface area contributed by atoms with E-state index >= 15 is 0 Å². The molecule has 1 amide bonds. The van der Waals surface area contributed by atoms with Crippen LogP contribution in [-0.2, 0) is 10.2 Å². The highest BCUT2D eigenvalue weighted by Gasteiger charge is 2.49. The standard InChI is InChI=1S/C19H29N5O4S/c1-12-11-20-6-7-23(12)29(26,27)24-15-4-5-16(24)9-14(8-15)21-19(25)17-10-18(28-22-17)13-2-3-13/h10,12-16,20H,2-9,11H2,1H3,(H,21,25)/t12?,14?,15-,16+. The van der Waals surface area contributed by atoms with Gasteiger partial charge in [0.05, 0.1) is 0 Å². The molecule has 10 heteroatoms.